The summed E-state index contributed by atoms with van der Waals surface area (Å²) in [5.74, 6) is 1.12. The summed E-state index contributed by atoms with van der Waals surface area (Å²) < 4.78 is 6.55. The number of methoxy groups -OCH3 is 1. The fourth-order valence-corrected chi connectivity index (χ4v) is 6.01. The van der Waals surface area contributed by atoms with E-state index in [1.54, 1.807) is 0 Å². The van der Waals surface area contributed by atoms with Crippen molar-refractivity contribution in [1.29, 1.82) is 0 Å². The minimum absolute atomic E-state index is 0.403. The van der Waals surface area contributed by atoms with Crippen LogP contribution in [0.3, 0.4) is 0 Å². The summed E-state index contributed by atoms with van der Waals surface area (Å²) in [7, 11) is 1.90. The van der Waals surface area contributed by atoms with E-state index in [1.165, 1.54) is 29.5 Å². The third-order valence-corrected chi connectivity index (χ3v) is 7.12. The molecule has 148 valence electrons. The lowest BCUT2D eigenvalue weighted by Gasteiger charge is -2.42. The van der Waals surface area contributed by atoms with Gasteiger partial charge in [-0.05, 0) is 35.4 Å². The molecule has 0 N–H and O–H groups in total. The van der Waals surface area contributed by atoms with Crippen molar-refractivity contribution in [2.75, 3.05) is 13.7 Å². The Kier molecular flexibility index (Phi) is 4.99. The minimum atomic E-state index is -0.403. The van der Waals surface area contributed by atoms with Crippen LogP contribution >= 0.6 is 0 Å². The zero-order valence-electron chi connectivity index (χ0n) is 17.1. The molecule has 2 bridgehead atoms. The summed E-state index contributed by atoms with van der Waals surface area (Å²) in [4.78, 5) is 2.70. The molecule has 0 amide bonds. The number of nitrogens with zero attached hydrogens (tertiary/aromatic N) is 1. The quantitative estimate of drug-likeness (QED) is 0.558. The lowest BCUT2D eigenvalue weighted by atomic mass is 9.71. The van der Waals surface area contributed by atoms with Crippen LogP contribution in [0.1, 0.15) is 29.5 Å². The van der Waals surface area contributed by atoms with E-state index in [0.717, 1.165) is 13.1 Å². The van der Waals surface area contributed by atoms with Gasteiger partial charge in [-0.25, -0.2) is 0 Å². The molecule has 29 heavy (non-hydrogen) atoms. The van der Waals surface area contributed by atoms with Crippen molar-refractivity contribution in [3.8, 4) is 0 Å². The van der Waals surface area contributed by atoms with Gasteiger partial charge in [0.1, 0.15) is 5.60 Å². The van der Waals surface area contributed by atoms with Crippen LogP contribution in [0.25, 0.3) is 0 Å². The van der Waals surface area contributed by atoms with Crippen molar-refractivity contribution >= 4 is 0 Å². The monoisotopic (exact) mass is 383 g/mol. The van der Waals surface area contributed by atoms with Gasteiger partial charge >= 0.3 is 0 Å². The molecule has 1 saturated carbocycles. The summed E-state index contributed by atoms with van der Waals surface area (Å²) in [5.41, 5.74) is 3.55. The number of benzene rings is 3. The number of rotatable bonds is 6. The molecular weight excluding hydrogens is 354 g/mol. The SMILES string of the molecule is COC(c1ccccc1)(c1ccccc1)C1C2CCC1N(Cc1ccccc1)C2. The Morgan fingerprint density at radius 1 is 0.793 bits per heavy atom. The van der Waals surface area contributed by atoms with Crippen LogP contribution < -0.4 is 0 Å². The largest absolute Gasteiger partial charge is 0.368 e. The van der Waals surface area contributed by atoms with E-state index >= 15 is 0 Å². The average Bonchev–Trinajstić information content (AvgIpc) is 3.35. The van der Waals surface area contributed by atoms with Crippen molar-refractivity contribution in [2.45, 2.75) is 31.0 Å². The van der Waals surface area contributed by atoms with Gasteiger partial charge in [-0.2, -0.15) is 0 Å². The molecule has 2 nitrogen and oxygen atoms in total. The van der Waals surface area contributed by atoms with Crippen molar-refractivity contribution in [3.05, 3.63) is 108 Å². The molecule has 1 saturated heterocycles. The van der Waals surface area contributed by atoms with Crippen LogP contribution in [0.2, 0.25) is 0 Å². The highest BCUT2D eigenvalue weighted by Gasteiger charge is 2.57. The van der Waals surface area contributed by atoms with Crippen LogP contribution in [0.15, 0.2) is 91.0 Å². The van der Waals surface area contributed by atoms with Gasteiger partial charge in [0.15, 0.2) is 0 Å². The van der Waals surface area contributed by atoms with Crippen LogP contribution in [0.5, 0.6) is 0 Å². The Labute approximate surface area is 174 Å². The number of piperidine rings is 1. The molecule has 3 aromatic carbocycles. The number of ether oxygens (including phenoxy) is 1. The second-order valence-corrected chi connectivity index (χ2v) is 8.52. The topological polar surface area (TPSA) is 12.5 Å². The van der Waals surface area contributed by atoms with Crippen LogP contribution in [-0.4, -0.2) is 24.6 Å². The van der Waals surface area contributed by atoms with Gasteiger partial charge in [0, 0.05) is 32.2 Å². The third kappa shape index (κ3) is 3.11. The number of likely N-dealkylation sites (tertiary alicyclic amines) is 1. The van der Waals surface area contributed by atoms with E-state index in [9.17, 15) is 0 Å². The van der Waals surface area contributed by atoms with Gasteiger partial charge in [0.05, 0.1) is 0 Å². The third-order valence-electron chi connectivity index (χ3n) is 7.12. The first kappa shape index (κ1) is 18.6. The zero-order chi connectivity index (χ0) is 19.7. The molecule has 5 rings (SSSR count). The van der Waals surface area contributed by atoms with Crippen molar-refractivity contribution in [1.82, 2.24) is 4.90 Å². The maximum atomic E-state index is 6.55. The first-order chi connectivity index (χ1) is 14.3. The van der Waals surface area contributed by atoms with E-state index in [-0.39, 0.29) is 0 Å². The van der Waals surface area contributed by atoms with Crippen molar-refractivity contribution in [3.63, 3.8) is 0 Å². The van der Waals surface area contributed by atoms with Gasteiger partial charge < -0.3 is 4.74 Å². The lowest BCUT2D eigenvalue weighted by molar-refractivity contribution is -0.0428. The smallest absolute Gasteiger partial charge is 0.122 e. The molecule has 2 aliphatic rings. The van der Waals surface area contributed by atoms with Crippen LogP contribution in [0.4, 0.5) is 0 Å². The zero-order valence-corrected chi connectivity index (χ0v) is 17.1. The lowest BCUT2D eigenvalue weighted by Crippen LogP contribution is -2.44. The van der Waals surface area contributed by atoms with Gasteiger partial charge in [-0.3, -0.25) is 4.90 Å². The molecule has 0 radical (unpaired) electrons. The van der Waals surface area contributed by atoms with E-state index in [4.69, 9.17) is 4.74 Å². The van der Waals surface area contributed by atoms with Gasteiger partial charge in [0.2, 0.25) is 0 Å². The normalized spacial score (nSPS) is 24.1. The Morgan fingerprint density at radius 3 is 1.90 bits per heavy atom. The summed E-state index contributed by atoms with van der Waals surface area (Å²) in [6.07, 6.45) is 2.55. The van der Waals surface area contributed by atoms with E-state index < -0.39 is 5.60 Å². The second-order valence-electron chi connectivity index (χ2n) is 8.52. The Hall–Kier alpha value is -2.42. The predicted octanol–water partition coefficient (Wildman–Crippen LogP) is 5.49. The van der Waals surface area contributed by atoms with Crippen LogP contribution in [0, 0.1) is 11.8 Å². The second kappa shape index (κ2) is 7.78. The number of hydrogen-bond acceptors (Lipinski definition) is 2. The fourth-order valence-electron chi connectivity index (χ4n) is 6.01. The maximum absolute atomic E-state index is 6.55. The average molecular weight is 384 g/mol. The summed E-state index contributed by atoms with van der Waals surface area (Å²) >= 11 is 0. The summed E-state index contributed by atoms with van der Waals surface area (Å²) in [6.45, 7) is 2.19. The van der Waals surface area contributed by atoms with Gasteiger partial charge in [-0.15, -0.1) is 0 Å². The van der Waals surface area contributed by atoms with Gasteiger partial charge in [-0.1, -0.05) is 91.0 Å². The standard InChI is InChI=1S/C27H29NO/c1-29-27(23-13-7-3-8-14-23,24-15-9-4-10-16-24)26-22-17-18-25(26)28(20-22)19-21-11-5-2-6-12-21/h2-16,22,25-26H,17-20H2,1H3. The molecule has 2 fully saturated rings. The first-order valence-electron chi connectivity index (χ1n) is 10.8. The Morgan fingerprint density at radius 2 is 1.34 bits per heavy atom. The number of fused-ring (bicyclic) bond motifs is 2. The molecule has 0 spiro atoms. The van der Waals surface area contributed by atoms with Crippen molar-refractivity contribution in [2.24, 2.45) is 11.8 Å². The highest BCUT2D eigenvalue weighted by molar-refractivity contribution is 5.39. The van der Waals surface area contributed by atoms with E-state index in [1.807, 2.05) is 7.11 Å². The van der Waals surface area contributed by atoms with Crippen LogP contribution in [-0.2, 0) is 16.9 Å². The fraction of sp³-hybridized carbons (Fsp3) is 0.333. The minimum Gasteiger partial charge on any atom is -0.368 e. The molecule has 1 aliphatic carbocycles. The molecule has 0 aromatic heterocycles. The molecule has 3 atom stereocenters. The van der Waals surface area contributed by atoms with Crippen molar-refractivity contribution < 1.29 is 4.74 Å². The van der Waals surface area contributed by atoms with E-state index in [0.29, 0.717) is 17.9 Å². The molecule has 2 heteroatoms. The highest BCUT2D eigenvalue weighted by atomic mass is 16.5. The van der Waals surface area contributed by atoms with E-state index in [2.05, 4.69) is 95.9 Å². The highest BCUT2D eigenvalue weighted by Crippen LogP contribution is 2.55. The summed E-state index contributed by atoms with van der Waals surface area (Å²) in [5, 5.41) is 0. The van der Waals surface area contributed by atoms with Gasteiger partial charge in [0.25, 0.3) is 0 Å². The number of hydrogen-bond donors (Lipinski definition) is 0. The Bertz CT molecular complexity index is 885. The molecule has 3 unspecified atom stereocenters. The predicted molar refractivity (Wildman–Crippen MR) is 118 cm³/mol. The molecular formula is C27H29NO. The first-order valence-corrected chi connectivity index (χ1v) is 10.8. The Balaban J connectivity index is 1.57. The molecule has 1 heterocycles. The molecule has 1 aliphatic heterocycles. The molecule has 3 aromatic rings. The summed E-state index contributed by atoms with van der Waals surface area (Å²) in [6, 6.07) is 33.2. The maximum Gasteiger partial charge on any atom is 0.122 e.